The predicted octanol–water partition coefficient (Wildman–Crippen LogP) is 1.62. The van der Waals surface area contributed by atoms with Crippen molar-refractivity contribution in [1.82, 2.24) is 14.1 Å². The summed E-state index contributed by atoms with van der Waals surface area (Å²) in [5.74, 6) is -0.0935. The Morgan fingerprint density at radius 3 is 2.80 bits per heavy atom. The molecule has 1 aromatic carbocycles. The highest BCUT2D eigenvalue weighted by molar-refractivity contribution is 5.96. The molecular weight excluding hydrogens is 254 g/mol. The van der Waals surface area contributed by atoms with Gasteiger partial charge in [0.05, 0.1) is 23.8 Å². The molecule has 0 saturated heterocycles. The molecule has 0 fully saturated rings. The lowest BCUT2D eigenvalue weighted by Gasteiger charge is -2.07. The lowest BCUT2D eigenvalue weighted by atomic mass is 10.2. The first-order valence-corrected chi connectivity index (χ1v) is 6.25. The van der Waals surface area contributed by atoms with Crippen molar-refractivity contribution in [2.24, 2.45) is 7.05 Å². The molecule has 5 heteroatoms. The van der Waals surface area contributed by atoms with Crippen molar-refractivity contribution in [2.75, 3.05) is 0 Å². The third kappa shape index (κ3) is 2.14. The molecule has 0 aliphatic rings. The Hall–Kier alpha value is -2.69. The van der Waals surface area contributed by atoms with Crippen LogP contribution in [0.1, 0.15) is 10.4 Å². The summed E-state index contributed by atoms with van der Waals surface area (Å²) in [7, 11) is 1.85. The Bertz CT molecular complexity index is 845. The second-order valence-corrected chi connectivity index (χ2v) is 4.66. The van der Waals surface area contributed by atoms with Gasteiger partial charge in [0, 0.05) is 25.0 Å². The molecule has 0 aliphatic heterocycles. The van der Waals surface area contributed by atoms with Gasteiger partial charge < -0.3 is 4.57 Å². The number of ketones is 1. The summed E-state index contributed by atoms with van der Waals surface area (Å²) in [5.41, 5.74) is 1.70. The monoisotopic (exact) mass is 267 g/mol. The third-order valence-electron chi connectivity index (χ3n) is 3.21. The maximum absolute atomic E-state index is 12.2. The van der Waals surface area contributed by atoms with E-state index in [9.17, 15) is 9.59 Å². The maximum Gasteiger partial charge on any atom is 0.269 e. The van der Waals surface area contributed by atoms with Gasteiger partial charge in [-0.1, -0.05) is 12.1 Å². The fourth-order valence-corrected chi connectivity index (χ4v) is 2.18. The number of nitrogens with zero attached hydrogens (tertiary/aromatic N) is 3. The van der Waals surface area contributed by atoms with Gasteiger partial charge in [-0.05, 0) is 18.2 Å². The molecule has 0 bridgehead atoms. The number of benzene rings is 1. The average Bonchev–Trinajstić information content (AvgIpc) is 2.89. The van der Waals surface area contributed by atoms with Gasteiger partial charge in [-0.2, -0.15) is 0 Å². The van der Waals surface area contributed by atoms with Gasteiger partial charge in [0.15, 0.2) is 5.78 Å². The lowest BCUT2D eigenvalue weighted by molar-refractivity contribution is 0.0972. The Labute approximate surface area is 115 Å². The summed E-state index contributed by atoms with van der Waals surface area (Å²) in [5, 5.41) is 0. The van der Waals surface area contributed by atoms with Crippen LogP contribution in [0.2, 0.25) is 0 Å². The van der Waals surface area contributed by atoms with Crippen LogP contribution in [0.4, 0.5) is 0 Å². The number of rotatable bonds is 3. The number of Topliss-reactive ketones (excluding diaryl/α,β-unsaturated/α-hetero) is 1. The van der Waals surface area contributed by atoms with Crippen molar-refractivity contribution in [2.45, 2.75) is 6.54 Å². The Balaban J connectivity index is 2.04. The highest BCUT2D eigenvalue weighted by Gasteiger charge is 2.11. The molecule has 3 aromatic rings. The Morgan fingerprint density at radius 1 is 1.25 bits per heavy atom. The van der Waals surface area contributed by atoms with Gasteiger partial charge in [-0.15, -0.1) is 0 Å². The van der Waals surface area contributed by atoms with E-state index < -0.39 is 0 Å². The smallest absolute Gasteiger partial charge is 0.269 e. The van der Waals surface area contributed by atoms with E-state index in [0.29, 0.717) is 16.6 Å². The summed E-state index contributed by atoms with van der Waals surface area (Å²) in [6.07, 6.45) is 4.80. The second-order valence-electron chi connectivity index (χ2n) is 4.66. The average molecular weight is 267 g/mol. The second kappa shape index (κ2) is 4.77. The molecule has 0 radical (unpaired) electrons. The normalized spacial score (nSPS) is 10.8. The predicted molar refractivity (Wildman–Crippen MR) is 75.7 cm³/mol. The fourth-order valence-electron chi connectivity index (χ4n) is 2.18. The van der Waals surface area contributed by atoms with E-state index in [1.54, 1.807) is 29.1 Å². The summed E-state index contributed by atoms with van der Waals surface area (Å²) < 4.78 is 3.26. The van der Waals surface area contributed by atoms with Crippen LogP contribution in [0.5, 0.6) is 0 Å². The largest absolute Gasteiger partial charge is 0.357 e. The van der Waals surface area contributed by atoms with Crippen molar-refractivity contribution in [3.8, 4) is 0 Å². The topological polar surface area (TPSA) is 56.9 Å². The van der Waals surface area contributed by atoms with Gasteiger partial charge in [0.2, 0.25) is 0 Å². The highest BCUT2D eigenvalue weighted by atomic mass is 16.1. The van der Waals surface area contributed by atoms with Gasteiger partial charge in [0.25, 0.3) is 5.56 Å². The van der Waals surface area contributed by atoms with Crippen LogP contribution in [0.15, 0.2) is 53.7 Å². The van der Waals surface area contributed by atoms with Crippen LogP contribution < -0.4 is 5.56 Å². The molecule has 0 spiro atoms. The molecule has 0 atom stereocenters. The van der Waals surface area contributed by atoms with Crippen LogP contribution in [0.3, 0.4) is 0 Å². The van der Waals surface area contributed by atoms with E-state index in [1.807, 2.05) is 25.2 Å². The zero-order chi connectivity index (χ0) is 14.1. The van der Waals surface area contributed by atoms with E-state index in [1.165, 1.54) is 10.8 Å². The molecule has 100 valence electrons. The third-order valence-corrected chi connectivity index (χ3v) is 3.21. The number of para-hydroxylation sites is 2. The lowest BCUT2D eigenvalue weighted by Crippen LogP contribution is -2.24. The van der Waals surface area contributed by atoms with Crippen LogP contribution >= 0.6 is 0 Å². The number of hydrogen-bond acceptors (Lipinski definition) is 3. The summed E-state index contributed by atoms with van der Waals surface area (Å²) in [6.45, 7) is 0.0197. The minimum atomic E-state index is -0.270. The molecular formula is C15H13N3O2. The van der Waals surface area contributed by atoms with Gasteiger partial charge in [-0.3, -0.25) is 14.2 Å². The van der Waals surface area contributed by atoms with Crippen molar-refractivity contribution in [3.63, 3.8) is 0 Å². The van der Waals surface area contributed by atoms with E-state index in [2.05, 4.69) is 4.98 Å². The van der Waals surface area contributed by atoms with Crippen LogP contribution in [0, 0.1) is 0 Å². The van der Waals surface area contributed by atoms with Crippen molar-refractivity contribution >= 4 is 16.8 Å². The molecule has 5 nitrogen and oxygen atoms in total. The van der Waals surface area contributed by atoms with Crippen molar-refractivity contribution < 1.29 is 4.79 Å². The number of aryl methyl sites for hydroxylation is 1. The first-order chi connectivity index (χ1) is 9.65. The molecule has 2 aromatic heterocycles. The summed E-state index contributed by atoms with van der Waals surface area (Å²) in [4.78, 5) is 28.3. The molecule has 0 aliphatic carbocycles. The summed E-state index contributed by atoms with van der Waals surface area (Å²) >= 11 is 0. The van der Waals surface area contributed by atoms with E-state index >= 15 is 0 Å². The number of carbonyl (C=O) groups excluding carboxylic acids is 1. The number of fused-ring (bicyclic) bond motifs is 1. The minimum absolute atomic E-state index is 0.0197. The first kappa shape index (κ1) is 12.3. The van der Waals surface area contributed by atoms with E-state index in [0.717, 1.165) is 0 Å². The Kier molecular flexibility index (Phi) is 2.95. The highest BCUT2D eigenvalue weighted by Crippen LogP contribution is 2.10. The molecule has 20 heavy (non-hydrogen) atoms. The van der Waals surface area contributed by atoms with E-state index in [-0.39, 0.29) is 17.9 Å². The molecule has 0 N–H and O–H groups in total. The number of hydrogen-bond donors (Lipinski definition) is 0. The van der Waals surface area contributed by atoms with Crippen LogP contribution in [-0.4, -0.2) is 19.9 Å². The molecule has 0 saturated carbocycles. The first-order valence-electron chi connectivity index (χ1n) is 6.25. The van der Waals surface area contributed by atoms with Crippen molar-refractivity contribution in [1.29, 1.82) is 0 Å². The van der Waals surface area contributed by atoms with Crippen LogP contribution in [0.25, 0.3) is 11.0 Å². The maximum atomic E-state index is 12.2. The molecule has 0 amide bonds. The quantitative estimate of drug-likeness (QED) is 0.677. The number of carbonyl (C=O) groups is 1. The minimum Gasteiger partial charge on any atom is -0.357 e. The van der Waals surface area contributed by atoms with Gasteiger partial charge in [0.1, 0.15) is 0 Å². The zero-order valence-corrected chi connectivity index (χ0v) is 11.0. The molecule has 2 heterocycles. The zero-order valence-electron chi connectivity index (χ0n) is 11.0. The fraction of sp³-hybridized carbons (Fsp3) is 0.133. The van der Waals surface area contributed by atoms with E-state index in [4.69, 9.17) is 0 Å². The van der Waals surface area contributed by atoms with Gasteiger partial charge in [-0.25, -0.2) is 4.98 Å². The van der Waals surface area contributed by atoms with Gasteiger partial charge >= 0.3 is 0 Å². The number of aromatic nitrogens is 3. The van der Waals surface area contributed by atoms with Crippen molar-refractivity contribution in [3.05, 3.63) is 64.8 Å². The standard InChI is InChI=1S/C15H13N3O2/c1-17-7-6-11(9-17)14(19)10-18-13-5-3-2-4-12(13)16-8-15(18)20/h2-9H,10H2,1H3. The Morgan fingerprint density at radius 2 is 2.05 bits per heavy atom. The van der Waals surface area contributed by atoms with Crippen LogP contribution in [-0.2, 0) is 13.6 Å². The summed E-state index contributed by atoms with van der Waals surface area (Å²) in [6, 6.07) is 9.03. The SMILES string of the molecule is Cn1ccc(C(=O)Cn2c(=O)cnc3ccccc32)c1. The molecule has 0 unspecified atom stereocenters. The molecule has 3 rings (SSSR count).